The second-order valence-electron chi connectivity index (χ2n) is 7.66. The number of nitrogens with two attached hydrogens (primary N) is 1. The van der Waals surface area contributed by atoms with Gasteiger partial charge in [-0.15, -0.1) is 0 Å². The molecular formula is C25H25N3O4. The highest BCUT2D eigenvalue weighted by atomic mass is 16.5. The van der Waals surface area contributed by atoms with Crippen LogP contribution < -0.4 is 15.4 Å². The van der Waals surface area contributed by atoms with Gasteiger partial charge in [0.15, 0.2) is 0 Å². The van der Waals surface area contributed by atoms with Crippen molar-refractivity contribution in [2.24, 2.45) is 11.7 Å². The third-order valence-corrected chi connectivity index (χ3v) is 5.50. The van der Waals surface area contributed by atoms with Crippen molar-refractivity contribution in [2.75, 3.05) is 18.0 Å². The van der Waals surface area contributed by atoms with Gasteiger partial charge in [-0.25, -0.2) is 4.98 Å². The highest BCUT2D eigenvalue weighted by molar-refractivity contribution is 5.92. The van der Waals surface area contributed by atoms with Crippen molar-refractivity contribution in [2.45, 2.75) is 19.4 Å². The lowest BCUT2D eigenvalue weighted by Crippen LogP contribution is -2.37. The zero-order valence-corrected chi connectivity index (χ0v) is 17.6. The fourth-order valence-corrected chi connectivity index (χ4v) is 3.67. The number of piperidine rings is 1. The number of esters is 1. The van der Waals surface area contributed by atoms with E-state index in [4.69, 9.17) is 15.2 Å². The molecule has 3 aromatic rings. The van der Waals surface area contributed by atoms with Gasteiger partial charge in [0, 0.05) is 24.8 Å². The van der Waals surface area contributed by atoms with Crippen molar-refractivity contribution in [3.8, 4) is 11.5 Å². The van der Waals surface area contributed by atoms with Gasteiger partial charge < -0.3 is 20.1 Å². The van der Waals surface area contributed by atoms with Crippen LogP contribution in [0.2, 0.25) is 0 Å². The van der Waals surface area contributed by atoms with E-state index in [2.05, 4.69) is 9.88 Å². The van der Waals surface area contributed by atoms with Crippen molar-refractivity contribution in [3.63, 3.8) is 0 Å². The van der Waals surface area contributed by atoms with Crippen molar-refractivity contribution >= 4 is 17.7 Å². The molecule has 0 radical (unpaired) electrons. The summed E-state index contributed by atoms with van der Waals surface area (Å²) in [5.41, 5.74) is 6.46. The van der Waals surface area contributed by atoms with Crippen LogP contribution >= 0.6 is 0 Å². The molecule has 2 heterocycles. The smallest absolute Gasteiger partial charge is 0.309 e. The van der Waals surface area contributed by atoms with Crippen LogP contribution in [0.25, 0.3) is 0 Å². The summed E-state index contributed by atoms with van der Waals surface area (Å²) in [5, 5.41) is 0. The maximum Gasteiger partial charge on any atom is 0.309 e. The van der Waals surface area contributed by atoms with E-state index in [-0.39, 0.29) is 18.5 Å². The van der Waals surface area contributed by atoms with Crippen LogP contribution in [0.3, 0.4) is 0 Å². The van der Waals surface area contributed by atoms with Crippen LogP contribution in [-0.4, -0.2) is 29.9 Å². The van der Waals surface area contributed by atoms with Gasteiger partial charge in [-0.3, -0.25) is 9.59 Å². The number of benzene rings is 2. The Kier molecular flexibility index (Phi) is 6.65. The molecule has 2 N–H and O–H groups in total. The molecule has 164 valence electrons. The molecule has 0 spiro atoms. The molecule has 0 unspecified atom stereocenters. The Bertz CT molecular complexity index is 1060. The summed E-state index contributed by atoms with van der Waals surface area (Å²) in [7, 11) is 0. The molecule has 0 aliphatic carbocycles. The van der Waals surface area contributed by atoms with Crippen molar-refractivity contribution in [1.82, 2.24) is 4.98 Å². The van der Waals surface area contributed by atoms with Crippen LogP contribution in [0.4, 0.5) is 5.82 Å². The fourth-order valence-electron chi connectivity index (χ4n) is 3.67. The van der Waals surface area contributed by atoms with Gasteiger partial charge in [-0.2, -0.15) is 0 Å². The molecule has 1 aliphatic rings. The minimum absolute atomic E-state index is 0.154. The number of aromatic nitrogens is 1. The Balaban J connectivity index is 1.30. The molecule has 0 saturated carbocycles. The summed E-state index contributed by atoms with van der Waals surface area (Å²) in [6, 6.07) is 20.5. The summed E-state index contributed by atoms with van der Waals surface area (Å²) in [6.45, 7) is 1.55. The second kappa shape index (κ2) is 9.96. The summed E-state index contributed by atoms with van der Waals surface area (Å²) in [6.07, 6.45) is 2.84. The van der Waals surface area contributed by atoms with E-state index in [9.17, 15) is 9.59 Å². The number of nitrogens with zero attached hydrogens (tertiary/aromatic N) is 2. The normalized spacial score (nSPS) is 14.1. The van der Waals surface area contributed by atoms with E-state index in [0.29, 0.717) is 37.2 Å². The number of pyridine rings is 1. The minimum Gasteiger partial charge on any atom is -0.460 e. The topological polar surface area (TPSA) is 94.8 Å². The van der Waals surface area contributed by atoms with Crippen LogP contribution in [0.5, 0.6) is 11.5 Å². The summed E-state index contributed by atoms with van der Waals surface area (Å²) < 4.78 is 11.6. The number of primary amides is 1. The van der Waals surface area contributed by atoms with Gasteiger partial charge in [0.1, 0.15) is 23.9 Å². The monoisotopic (exact) mass is 431 g/mol. The molecule has 1 aromatic heterocycles. The van der Waals surface area contributed by atoms with Crippen LogP contribution in [0.15, 0.2) is 72.9 Å². The number of carbonyl (C=O) groups is 2. The average Bonchev–Trinajstić information content (AvgIpc) is 2.84. The molecule has 1 amide bonds. The maximum atomic E-state index is 12.7. The van der Waals surface area contributed by atoms with E-state index in [1.807, 2.05) is 54.6 Å². The van der Waals surface area contributed by atoms with E-state index in [1.54, 1.807) is 12.1 Å². The lowest BCUT2D eigenvalue weighted by Gasteiger charge is -2.31. The van der Waals surface area contributed by atoms with Crippen LogP contribution in [0, 0.1) is 5.92 Å². The fraction of sp³-hybridized carbons (Fsp3) is 0.240. The molecule has 1 aliphatic heterocycles. The summed E-state index contributed by atoms with van der Waals surface area (Å²) >= 11 is 0. The molecule has 0 bridgehead atoms. The Hall–Kier alpha value is -3.87. The third-order valence-electron chi connectivity index (χ3n) is 5.50. The van der Waals surface area contributed by atoms with Gasteiger partial charge in [-0.05, 0) is 43.2 Å². The number of amides is 1. The van der Waals surface area contributed by atoms with Gasteiger partial charge in [0.25, 0.3) is 0 Å². The summed E-state index contributed by atoms with van der Waals surface area (Å²) in [5.74, 6) is 1.33. The lowest BCUT2D eigenvalue weighted by atomic mass is 9.97. The first-order valence-corrected chi connectivity index (χ1v) is 10.6. The van der Waals surface area contributed by atoms with Crippen LogP contribution in [-0.2, 0) is 16.1 Å². The quantitative estimate of drug-likeness (QED) is 0.570. The number of carbonyl (C=O) groups excluding carboxylic acids is 2. The number of rotatable bonds is 7. The van der Waals surface area contributed by atoms with Gasteiger partial charge in [0.2, 0.25) is 5.91 Å². The van der Waals surface area contributed by atoms with Crippen molar-refractivity contribution in [3.05, 3.63) is 84.1 Å². The first kappa shape index (κ1) is 21.4. The number of hydrogen-bond donors (Lipinski definition) is 1. The standard InChI is InChI=1S/C25H25N3O4/c26-24(29)19-10-11-23(27-16-19)28-14-12-18(13-15-28)25(30)31-17-20-6-4-5-9-22(20)32-21-7-2-1-3-8-21/h1-11,16,18H,12-15,17H2,(H2,26,29). The van der Waals surface area contributed by atoms with Crippen molar-refractivity contribution in [1.29, 1.82) is 0 Å². The molecule has 7 heteroatoms. The van der Waals surface area contributed by atoms with Crippen molar-refractivity contribution < 1.29 is 19.1 Å². The minimum atomic E-state index is -0.499. The zero-order valence-electron chi connectivity index (χ0n) is 17.6. The van der Waals surface area contributed by atoms with E-state index in [0.717, 1.165) is 17.1 Å². The Morgan fingerprint density at radius 2 is 1.69 bits per heavy atom. The first-order chi connectivity index (χ1) is 15.6. The number of hydrogen-bond acceptors (Lipinski definition) is 6. The first-order valence-electron chi connectivity index (χ1n) is 10.6. The maximum absolute atomic E-state index is 12.7. The SMILES string of the molecule is NC(=O)c1ccc(N2CCC(C(=O)OCc3ccccc3Oc3ccccc3)CC2)nc1. The number of para-hydroxylation sites is 2. The Morgan fingerprint density at radius 1 is 0.969 bits per heavy atom. The highest BCUT2D eigenvalue weighted by Crippen LogP contribution is 2.27. The lowest BCUT2D eigenvalue weighted by molar-refractivity contribution is -0.150. The second-order valence-corrected chi connectivity index (χ2v) is 7.66. The molecule has 7 nitrogen and oxygen atoms in total. The van der Waals surface area contributed by atoms with E-state index < -0.39 is 5.91 Å². The number of anilines is 1. The molecule has 2 aromatic carbocycles. The molecule has 32 heavy (non-hydrogen) atoms. The molecule has 1 fully saturated rings. The van der Waals surface area contributed by atoms with E-state index in [1.165, 1.54) is 6.20 Å². The molecular weight excluding hydrogens is 406 g/mol. The van der Waals surface area contributed by atoms with E-state index >= 15 is 0 Å². The Labute approximate surface area is 186 Å². The van der Waals surface area contributed by atoms with Gasteiger partial charge >= 0.3 is 5.97 Å². The Morgan fingerprint density at radius 3 is 2.38 bits per heavy atom. The molecule has 4 rings (SSSR count). The number of ether oxygens (including phenoxy) is 2. The zero-order chi connectivity index (χ0) is 22.3. The summed E-state index contributed by atoms with van der Waals surface area (Å²) in [4.78, 5) is 30.3. The van der Waals surface area contributed by atoms with Gasteiger partial charge in [-0.1, -0.05) is 36.4 Å². The highest BCUT2D eigenvalue weighted by Gasteiger charge is 2.27. The third kappa shape index (κ3) is 5.24. The predicted octanol–water partition coefficient (Wildman–Crippen LogP) is 3.93. The largest absolute Gasteiger partial charge is 0.460 e. The molecule has 0 atom stereocenters. The molecule has 1 saturated heterocycles. The average molecular weight is 431 g/mol. The van der Waals surface area contributed by atoms with Crippen LogP contribution in [0.1, 0.15) is 28.8 Å². The predicted molar refractivity (Wildman–Crippen MR) is 120 cm³/mol. The van der Waals surface area contributed by atoms with Gasteiger partial charge in [0.05, 0.1) is 11.5 Å².